The second-order valence-electron chi connectivity index (χ2n) is 4.89. The Morgan fingerprint density at radius 1 is 1.12 bits per heavy atom. The van der Waals surface area contributed by atoms with Crippen molar-refractivity contribution in [2.24, 2.45) is 0 Å². The van der Waals surface area contributed by atoms with Gasteiger partial charge in [-0.05, 0) is 30.7 Å². The Morgan fingerprint density at radius 2 is 1.79 bits per heavy atom. The zero-order valence-electron chi connectivity index (χ0n) is 12.2. The third-order valence-corrected chi connectivity index (χ3v) is 4.51. The maximum atomic E-state index is 12.7. The van der Waals surface area contributed by atoms with Gasteiger partial charge in [0.15, 0.2) is 0 Å². The zero-order valence-corrected chi connectivity index (χ0v) is 13.0. The number of hydrogen-bond donors (Lipinski definition) is 1. The Balaban J connectivity index is 2.43. The van der Waals surface area contributed by atoms with Gasteiger partial charge in [-0.1, -0.05) is 12.1 Å². The lowest BCUT2D eigenvalue weighted by atomic mass is 10.2. The summed E-state index contributed by atoms with van der Waals surface area (Å²) in [5.41, 5.74) is -1.15. The SMILES string of the molecule is Cc1ccc([N+](=O)[O-])cc1NS(=O)(=O)c1cccc(C(F)(F)F)c1. The molecule has 0 fully saturated rings. The lowest BCUT2D eigenvalue weighted by Gasteiger charge is -2.12. The molecule has 128 valence electrons. The van der Waals surface area contributed by atoms with Crippen LogP contribution in [0.5, 0.6) is 0 Å². The molecule has 6 nitrogen and oxygen atoms in total. The van der Waals surface area contributed by atoms with Gasteiger partial charge >= 0.3 is 6.18 Å². The molecule has 2 rings (SSSR count). The number of nitro benzene ring substituents is 1. The van der Waals surface area contributed by atoms with Crippen LogP contribution in [0.2, 0.25) is 0 Å². The molecule has 10 heteroatoms. The first kappa shape index (κ1) is 17.7. The molecule has 0 atom stereocenters. The second-order valence-corrected chi connectivity index (χ2v) is 6.57. The van der Waals surface area contributed by atoms with Gasteiger partial charge in [-0.25, -0.2) is 8.42 Å². The van der Waals surface area contributed by atoms with Gasteiger partial charge in [0.1, 0.15) is 0 Å². The Bertz CT molecular complexity index is 895. The van der Waals surface area contributed by atoms with Gasteiger partial charge in [0.25, 0.3) is 15.7 Å². The van der Waals surface area contributed by atoms with Crippen molar-refractivity contribution in [2.75, 3.05) is 4.72 Å². The van der Waals surface area contributed by atoms with E-state index in [1.807, 2.05) is 0 Å². The van der Waals surface area contributed by atoms with Crippen molar-refractivity contribution in [1.82, 2.24) is 0 Å². The first-order valence-electron chi connectivity index (χ1n) is 6.46. The Kier molecular flexibility index (Phi) is 4.52. The predicted molar refractivity (Wildman–Crippen MR) is 80.1 cm³/mol. The molecule has 0 aliphatic heterocycles. The van der Waals surface area contributed by atoms with E-state index in [2.05, 4.69) is 4.72 Å². The van der Waals surface area contributed by atoms with E-state index in [1.165, 1.54) is 19.1 Å². The van der Waals surface area contributed by atoms with Crippen LogP contribution in [-0.2, 0) is 16.2 Å². The second kappa shape index (κ2) is 6.11. The predicted octanol–water partition coefficient (Wildman–Crippen LogP) is 3.72. The number of aryl methyl sites for hydroxylation is 1. The normalized spacial score (nSPS) is 12.0. The summed E-state index contributed by atoms with van der Waals surface area (Å²) in [6, 6.07) is 6.74. The van der Waals surface area contributed by atoms with Gasteiger partial charge in [-0.2, -0.15) is 13.2 Å². The van der Waals surface area contributed by atoms with E-state index in [0.717, 1.165) is 24.3 Å². The molecule has 0 amide bonds. The molecule has 0 heterocycles. The number of nitrogens with one attached hydrogen (secondary N) is 1. The number of nitro groups is 1. The maximum Gasteiger partial charge on any atom is 0.416 e. The van der Waals surface area contributed by atoms with Gasteiger partial charge in [-0.15, -0.1) is 0 Å². The average molecular weight is 360 g/mol. The smallest absolute Gasteiger partial charge is 0.279 e. The molecule has 2 aromatic carbocycles. The molecular formula is C14H11F3N2O4S. The van der Waals surface area contributed by atoms with Crippen LogP contribution in [-0.4, -0.2) is 13.3 Å². The lowest BCUT2D eigenvalue weighted by molar-refractivity contribution is -0.384. The monoisotopic (exact) mass is 360 g/mol. The number of benzene rings is 2. The molecule has 0 spiro atoms. The summed E-state index contributed by atoms with van der Waals surface area (Å²) in [4.78, 5) is 9.46. The minimum absolute atomic E-state index is 0.0818. The van der Waals surface area contributed by atoms with Crippen molar-refractivity contribution < 1.29 is 26.5 Å². The number of alkyl halides is 3. The van der Waals surface area contributed by atoms with E-state index in [-0.39, 0.29) is 11.4 Å². The number of hydrogen-bond acceptors (Lipinski definition) is 4. The number of sulfonamides is 1. The topological polar surface area (TPSA) is 89.3 Å². The van der Waals surface area contributed by atoms with Crippen molar-refractivity contribution in [1.29, 1.82) is 0 Å². The van der Waals surface area contributed by atoms with Crippen LogP contribution in [0.1, 0.15) is 11.1 Å². The molecule has 0 radical (unpaired) electrons. The Hall–Kier alpha value is -2.62. The van der Waals surface area contributed by atoms with Crippen LogP contribution in [0.25, 0.3) is 0 Å². The van der Waals surface area contributed by atoms with E-state index in [9.17, 15) is 31.7 Å². The molecule has 0 bridgehead atoms. The quantitative estimate of drug-likeness (QED) is 0.665. The van der Waals surface area contributed by atoms with E-state index < -0.39 is 31.6 Å². The number of rotatable bonds is 4. The standard InChI is InChI=1S/C14H11F3N2O4S/c1-9-5-6-11(19(20)21)8-13(9)18-24(22,23)12-4-2-3-10(7-12)14(15,16)17/h2-8,18H,1H3. The highest BCUT2D eigenvalue weighted by Crippen LogP contribution is 2.31. The first-order chi connectivity index (χ1) is 11.0. The molecular weight excluding hydrogens is 349 g/mol. The number of halogens is 3. The molecule has 24 heavy (non-hydrogen) atoms. The number of nitrogens with zero attached hydrogens (tertiary/aromatic N) is 1. The molecule has 0 aromatic heterocycles. The van der Waals surface area contributed by atoms with Crippen molar-refractivity contribution in [3.63, 3.8) is 0 Å². The fourth-order valence-electron chi connectivity index (χ4n) is 1.88. The van der Waals surface area contributed by atoms with Crippen LogP contribution in [0.3, 0.4) is 0 Å². The van der Waals surface area contributed by atoms with Crippen LogP contribution >= 0.6 is 0 Å². The van der Waals surface area contributed by atoms with Crippen LogP contribution in [0.4, 0.5) is 24.5 Å². The summed E-state index contributed by atoms with van der Waals surface area (Å²) < 4.78 is 64.7. The van der Waals surface area contributed by atoms with Crippen molar-refractivity contribution in [3.05, 3.63) is 63.7 Å². The van der Waals surface area contributed by atoms with Crippen LogP contribution in [0.15, 0.2) is 47.4 Å². The molecule has 0 saturated carbocycles. The molecule has 2 aromatic rings. The molecule has 0 unspecified atom stereocenters. The largest absolute Gasteiger partial charge is 0.416 e. The average Bonchev–Trinajstić information content (AvgIpc) is 2.48. The highest BCUT2D eigenvalue weighted by atomic mass is 32.2. The van der Waals surface area contributed by atoms with Gasteiger partial charge in [0.2, 0.25) is 0 Å². The minimum atomic E-state index is -4.69. The van der Waals surface area contributed by atoms with E-state index in [0.29, 0.717) is 11.6 Å². The van der Waals surface area contributed by atoms with Gasteiger partial charge in [0, 0.05) is 12.1 Å². The summed E-state index contributed by atoms with van der Waals surface area (Å²) in [5.74, 6) is 0. The molecule has 0 aliphatic rings. The van der Waals surface area contributed by atoms with Crippen molar-refractivity contribution in [2.45, 2.75) is 18.0 Å². The Morgan fingerprint density at radius 3 is 2.38 bits per heavy atom. The fraction of sp³-hybridized carbons (Fsp3) is 0.143. The highest BCUT2D eigenvalue weighted by Gasteiger charge is 2.31. The molecule has 0 aliphatic carbocycles. The van der Waals surface area contributed by atoms with Crippen LogP contribution < -0.4 is 4.72 Å². The van der Waals surface area contributed by atoms with Crippen molar-refractivity contribution >= 4 is 21.4 Å². The molecule has 1 N–H and O–H groups in total. The summed E-state index contributed by atoms with van der Waals surface area (Å²) in [7, 11) is -4.33. The third-order valence-electron chi connectivity index (χ3n) is 3.15. The summed E-state index contributed by atoms with van der Waals surface area (Å²) in [6.07, 6.45) is -4.69. The minimum Gasteiger partial charge on any atom is -0.279 e. The third kappa shape index (κ3) is 3.82. The highest BCUT2D eigenvalue weighted by molar-refractivity contribution is 7.92. The van der Waals surface area contributed by atoms with E-state index in [4.69, 9.17) is 0 Å². The van der Waals surface area contributed by atoms with Gasteiger partial charge in [-0.3, -0.25) is 14.8 Å². The number of anilines is 1. The Labute approximate surface area is 135 Å². The first-order valence-corrected chi connectivity index (χ1v) is 7.94. The zero-order chi connectivity index (χ0) is 18.1. The fourth-order valence-corrected chi connectivity index (χ4v) is 3.04. The summed E-state index contributed by atoms with van der Waals surface area (Å²) in [6.45, 7) is 1.51. The molecule has 0 saturated heterocycles. The van der Waals surface area contributed by atoms with E-state index >= 15 is 0 Å². The summed E-state index contributed by atoms with van der Waals surface area (Å²) in [5, 5.41) is 10.8. The summed E-state index contributed by atoms with van der Waals surface area (Å²) >= 11 is 0. The lowest BCUT2D eigenvalue weighted by Crippen LogP contribution is -2.15. The maximum absolute atomic E-state index is 12.7. The number of non-ortho nitro benzene ring substituents is 1. The van der Waals surface area contributed by atoms with Gasteiger partial charge in [0.05, 0.1) is 21.1 Å². The van der Waals surface area contributed by atoms with E-state index in [1.54, 1.807) is 0 Å². The van der Waals surface area contributed by atoms with Crippen molar-refractivity contribution in [3.8, 4) is 0 Å². The van der Waals surface area contributed by atoms with Gasteiger partial charge < -0.3 is 0 Å². The van der Waals surface area contributed by atoms with Crippen LogP contribution in [0, 0.1) is 17.0 Å².